The van der Waals surface area contributed by atoms with Gasteiger partial charge in [-0.05, 0) is 63.9 Å². The van der Waals surface area contributed by atoms with Crippen molar-refractivity contribution in [1.82, 2.24) is 0 Å². The second-order valence-corrected chi connectivity index (χ2v) is 10.2. The highest BCUT2D eigenvalue weighted by atomic mass is 19.1. The fraction of sp³-hybridized carbons (Fsp3) is 0.464. The van der Waals surface area contributed by atoms with E-state index in [-0.39, 0.29) is 36.7 Å². The molecule has 1 aliphatic rings. The summed E-state index contributed by atoms with van der Waals surface area (Å²) in [6, 6.07) is 14.8. The van der Waals surface area contributed by atoms with E-state index in [0.29, 0.717) is 0 Å². The lowest BCUT2D eigenvalue weighted by Crippen LogP contribution is -2.38. The topological polar surface area (TPSA) is 70.0 Å². The first-order valence-corrected chi connectivity index (χ1v) is 11.9. The number of esters is 1. The molecular weight excluding hydrogens is 433 g/mol. The number of anilines is 1. The first kappa shape index (κ1) is 25.9. The van der Waals surface area contributed by atoms with Gasteiger partial charge in [-0.2, -0.15) is 0 Å². The van der Waals surface area contributed by atoms with Crippen molar-refractivity contribution in [2.75, 3.05) is 4.90 Å². The number of halogens is 1. The molecule has 0 unspecified atom stereocenters. The van der Waals surface area contributed by atoms with E-state index in [0.717, 1.165) is 16.8 Å². The smallest absolute Gasteiger partial charge is 0.308 e. The first-order chi connectivity index (χ1) is 16.0. The Bertz CT molecular complexity index is 996. The van der Waals surface area contributed by atoms with Gasteiger partial charge in [-0.1, -0.05) is 42.5 Å². The van der Waals surface area contributed by atoms with Gasteiger partial charge in [0.05, 0.1) is 24.7 Å². The molecule has 0 saturated carbocycles. The van der Waals surface area contributed by atoms with Gasteiger partial charge in [-0.3, -0.25) is 4.79 Å². The summed E-state index contributed by atoms with van der Waals surface area (Å²) < 4.78 is 18.9. The molecule has 5 nitrogen and oxygen atoms in total. The van der Waals surface area contributed by atoms with Crippen molar-refractivity contribution in [2.45, 2.75) is 83.3 Å². The molecule has 4 atom stereocenters. The predicted octanol–water partition coefficient (Wildman–Crippen LogP) is 4.95. The Morgan fingerprint density at radius 3 is 2.38 bits per heavy atom. The second kappa shape index (κ2) is 10.7. The van der Waals surface area contributed by atoms with Gasteiger partial charge in [0.1, 0.15) is 11.4 Å². The van der Waals surface area contributed by atoms with Crippen LogP contribution in [-0.4, -0.2) is 46.1 Å². The van der Waals surface area contributed by atoms with Crippen LogP contribution >= 0.6 is 0 Å². The van der Waals surface area contributed by atoms with Crippen molar-refractivity contribution in [3.63, 3.8) is 0 Å². The lowest BCUT2D eigenvalue weighted by molar-refractivity contribution is -0.157. The van der Waals surface area contributed by atoms with Gasteiger partial charge >= 0.3 is 5.97 Å². The Morgan fingerprint density at radius 1 is 1.12 bits per heavy atom. The summed E-state index contributed by atoms with van der Waals surface area (Å²) in [5.41, 5.74) is 2.63. The minimum atomic E-state index is -1.01. The van der Waals surface area contributed by atoms with Crippen LogP contribution in [0.15, 0.2) is 60.7 Å². The zero-order valence-electron chi connectivity index (χ0n) is 20.6. The van der Waals surface area contributed by atoms with Gasteiger partial charge in [-0.25, -0.2) is 4.39 Å². The standard InChI is InChI=1S/C28H36FNO4/c1-18(2)30-24-9-7-6-8-23(24)27(19-10-12-20(29)13-11-19)25(30)15-14-21(31)16-22(32)17-26(33)34-28(3,4)5/h6-15,18,21-22,25,27,31-32H,16-17H2,1-5H3/b15-14+/t21-,22+,25+,27+/m1/s1. The third kappa shape index (κ3) is 6.45. The number of hydrogen-bond donors (Lipinski definition) is 2. The molecule has 0 fully saturated rings. The minimum absolute atomic E-state index is 0.0261. The number of fused-ring (bicyclic) bond motifs is 1. The molecule has 184 valence electrons. The van der Waals surface area contributed by atoms with Gasteiger partial charge in [0.25, 0.3) is 0 Å². The average Bonchev–Trinajstić information content (AvgIpc) is 3.05. The molecule has 0 bridgehead atoms. The van der Waals surface area contributed by atoms with E-state index < -0.39 is 23.8 Å². The van der Waals surface area contributed by atoms with Crippen LogP contribution in [0.25, 0.3) is 0 Å². The van der Waals surface area contributed by atoms with E-state index in [1.165, 1.54) is 12.1 Å². The van der Waals surface area contributed by atoms with Crippen LogP contribution in [0.5, 0.6) is 0 Å². The number of aliphatic hydroxyl groups excluding tert-OH is 2. The largest absolute Gasteiger partial charge is 0.460 e. The molecule has 34 heavy (non-hydrogen) atoms. The second-order valence-electron chi connectivity index (χ2n) is 10.2. The lowest BCUT2D eigenvalue weighted by Gasteiger charge is -2.32. The van der Waals surface area contributed by atoms with Crippen molar-refractivity contribution in [2.24, 2.45) is 0 Å². The van der Waals surface area contributed by atoms with Crippen LogP contribution in [0.3, 0.4) is 0 Å². The number of aliphatic hydroxyl groups is 2. The van der Waals surface area contributed by atoms with Crippen molar-refractivity contribution >= 4 is 11.7 Å². The molecule has 0 aliphatic carbocycles. The molecule has 0 amide bonds. The number of rotatable bonds is 8. The summed E-state index contributed by atoms with van der Waals surface area (Å²) in [7, 11) is 0. The number of ether oxygens (including phenoxy) is 1. The molecule has 0 aromatic heterocycles. The first-order valence-electron chi connectivity index (χ1n) is 11.9. The van der Waals surface area contributed by atoms with Gasteiger partial charge in [-0.15, -0.1) is 0 Å². The maximum atomic E-state index is 13.6. The normalized spacial score (nSPS) is 20.0. The maximum Gasteiger partial charge on any atom is 0.308 e. The Kier molecular flexibility index (Phi) is 8.16. The highest BCUT2D eigenvalue weighted by Crippen LogP contribution is 2.46. The highest BCUT2D eigenvalue weighted by molar-refractivity contribution is 5.70. The van der Waals surface area contributed by atoms with E-state index in [9.17, 15) is 19.4 Å². The number of nitrogens with zero attached hydrogens (tertiary/aromatic N) is 1. The van der Waals surface area contributed by atoms with Gasteiger partial charge in [0.15, 0.2) is 0 Å². The zero-order valence-corrected chi connectivity index (χ0v) is 20.6. The fourth-order valence-electron chi connectivity index (χ4n) is 4.62. The summed E-state index contributed by atoms with van der Waals surface area (Å²) in [4.78, 5) is 14.3. The maximum absolute atomic E-state index is 13.6. The fourth-order valence-corrected chi connectivity index (χ4v) is 4.62. The molecule has 1 aliphatic heterocycles. The summed E-state index contributed by atoms with van der Waals surface area (Å²) in [5, 5.41) is 20.9. The van der Waals surface area contributed by atoms with Gasteiger partial charge < -0.3 is 19.8 Å². The van der Waals surface area contributed by atoms with E-state index in [4.69, 9.17) is 4.74 Å². The molecule has 2 N–H and O–H groups in total. The van der Waals surface area contributed by atoms with Gasteiger partial charge in [0, 0.05) is 24.1 Å². The molecule has 1 heterocycles. The summed E-state index contributed by atoms with van der Waals surface area (Å²) in [6.45, 7) is 9.54. The molecule has 2 aromatic carbocycles. The summed E-state index contributed by atoms with van der Waals surface area (Å²) >= 11 is 0. The van der Waals surface area contributed by atoms with Crippen LogP contribution in [0.1, 0.15) is 64.5 Å². The van der Waals surface area contributed by atoms with Crippen molar-refractivity contribution < 1.29 is 24.1 Å². The molecule has 0 radical (unpaired) electrons. The van der Waals surface area contributed by atoms with Crippen LogP contribution in [0.2, 0.25) is 0 Å². The van der Waals surface area contributed by atoms with Crippen molar-refractivity contribution in [1.29, 1.82) is 0 Å². The number of hydrogen-bond acceptors (Lipinski definition) is 5. The van der Waals surface area contributed by atoms with Crippen molar-refractivity contribution in [3.05, 3.63) is 77.6 Å². The molecular formula is C28H36FNO4. The van der Waals surface area contributed by atoms with Crippen LogP contribution in [-0.2, 0) is 9.53 Å². The average molecular weight is 470 g/mol. The number of carbonyl (C=O) groups is 1. The summed E-state index contributed by atoms with van der Waals surface area (Å²) in [5.74, 6) is -0.809. The zero-order chi connectivity index (χ0) is 25.0. The third-order valence-electron chi connectivity index (χ3n) is 5.86. The molecule has 6 heteroatoms. The quantitative estimate of drug-likeness (QED) is 0.423. The Labute approximate surface area is 201 Å². The van der Waals surface area contributed by atoms with E-state index >= 15 is 0 Å². The Morgan fingerprint density at radius 2 is 1.76 bits per heavy atom. The van der Waals surface area contributed by atoms with Crippen molar-refractivity contribution in [3.8, 4) is 0 Å². The SMILES string of the molecule is CC(C)N1c2ccccc2[C@H](c2ccc(F)cc2)[C@@H]1/C=C/[C@@H](O)C[C@H](O)CC(=O)OC(C)(C)C. The lowest BCUT2D eigenvalue weighted by atomic mass is 9.87. The van der Waals surface area contributed by atoms with E-state index in [1.54, 1.807) is 26.8 Å². The van der Waals surface area contributed by atoms with Crippen LogP contribution in [0.4, 0.5) is 10.1 Å². The number of benzene rings is 2. The van der Waals surface area contributed by atoms with Crippen LogP contribution in [0, 0.1) is 5.82 Å². The predicted molar refractivity (Wildman–Crippen MR) is 132 cm³/mol. The highest BCUT2D eigenvalue weighted by Gasteiger charge is 2.39. The van der Waals surface area contributed by atoms with E-state index in [1.807, 2.05) is 30.3 Å². The van der Waals surface area contributed by atoms with Gasteiger partial charge in [0.2, 0.25) is 0 Å². The summed E-state index contributed by atoms with van der Waals surface area (Å²) in [6.07, 6.45) is 1.55. The molecule has 3 rings (SSSR count). The Hall–Kier alpha value is -2.70. The van der Waals surface area contributed by atoms with Crippen LogP contribution < -0.4 is 4.90 Å². The number of para-hydroxylation sites is 1. The monoisotopic (exact) mass is 469 g/mol. The molecule has 2 aromatic rings. The number of carbonyl (C=O) groups excluding carboxylic acids is 1. The third-order valence-corrected chi connectivity index (χ3v) is 5.86. The minimum Gasteiger partial charge on any atom is -0.460 e. The Balaban J connectivity index is 1.80. The van der Waals surface area contributed by atoms with E-state index in [2.05, 4.69) is 30.9 Å². The molecule has 0 spiro atoms. The molecule has 0 saturated heterocycles.